The van der Waals surface area contributed by atoms with Crippen LogP contribution in [0, 0.1) is 6.92 Å². The first-order chi connectivity index (χ1) is 10.3. The fraction of sp³-hybridized carbons (Fsp3) is 0.471. The van der Waals surface area contributed by atoms with Gasteiger partial charge in [0.1, 0.15) is 17.3 Å². The van der Waals surface area contributed by atoms with Gasteiger partial charge in [-0.3, -0.25) is 4.90 Å². The van der Waals surface area contributed by atoms with Gasteiger partial charge in [-0.25, -0.2) is 4.98 Å². The SMILES string of the molecule is Cc1ccc(CN2CC[C@@H]3[C@@H]2CCN3c2ccccn2)o1. The van der Waals surface area contributed by atoms with Gasteiger partial charge >= 0.3 is 0 Å². The maximum absolute atomic E-state index is 5.74. The summed E-state index contributed by atoms with van der Waals surface area (Å²) in [5, 5.41) is 0. The molecule has 0 aliphatic carbocycles. The third-order valence-electron chi connectivity index (χ3n) is 4.79. The number of furan rings is 1. The molecule has 4 nitrogen and oxygen atoms in total. The lowest BCUT2D eigenvalue weighted by atomic mass is 10.1. The summed E-state index contributed by atoms with van der Waals surface area (Å²) >= 11 is 0. The zero-order valence-corrected chi connectivity index (χ0v) is 12.4. The van der Waals surface area contributed by atoms with E-state index >= 15 is 0 Å². The van der Waals surface area contributed by atoms with Crippen LogP contribution in [0.5, 0.6) is 0 Å². The van der Waals surface area contributed by atoms with Crippen LogP contribution in [-0.4, -0.2) is 35.1 Å². The van der Waals surface area contributed by atoms with Gasteiger partial charge in [-0.15, -0.1) is 0 Å². The molecule has 110 valence electrons. The molecular formula is C17H21N3O. The molecule has 2 fully saturated rings. The smallest absolute Gasteiger partial charge is 0.128 e. The monoisotopic (exact) mass is 283 g/mol. The molecule has 4 rings (SSSR count). The van der Waals surface area contributed by atoms with Crippen molar-refractivity contribution >= 4 is 5.82 Å². The Kier molecular flexibility index (Phi) is 3.19. The Morgan fingerprint density at radius 2 is 2.05 bits per heavy atom. The van der Waals surface area contributed by atoms with E-state index in [0.29, 0.717) is 12.1 Å². The largest absolute Gasteiger partial charge is 0.465 e. The summed E-state index contributed by atoms with van der Waals surface area (Å²) in [7, 11) is 0. The van der Waals surface area contributed by atoms with Gasteiger partial charge in [0, 0.05) is 31.4 Å². The minimum absolute atomic E-state index is 0.607. The summed E-state index contributed by atoms with van der Waals surface area (Å²) in [5.74, 6) is 3.22. The number of pyridine rings is 1. The molecule has 0 N–H and O–H groups in total. The summed E-state index contributed by atoms with van der Waals surface area (Å²) < 4.78 is 5.74. The minimum atomic E-state index is 0.607. The molecule has 0 saturated carbocycles. The second kappa shape index (κ2) is 5.19. The molecule has 2 aliphatic heterocycles. The van der Waals surface area contributed by atoms with E-state index in [2.05, 4.69) is 39.0 Å². The van der Waals surface area contributed by atoms with E-state index in [4.69, 9.17) is 4.42 Å². The Balaban J connectivity index is 1.48. The van der Waals surface area contributed by atoms with Gasteiger partial charge in [0.2, 0.25) is 0 Å². The summed E-state index contributed by atoms with van der Waals surface area (Å²) in [6.45, 7) is 5.21. The van der Waals surface area contributed by atoms with Crippen LogP contribution in [0.25, 0.3) is 0 Å². The Bertz CT molecular complexity index is 610. The highest BCUT2D eigenvalue weighted by Crippen LogP contribution is 2.35. The molecule has 0 aromatic carbocycles. The molecule has 2 aromatic rings. The molecule has 2 aliphatic rings. The quantitative estimate of drug-likeness (QED) is 0.867. The molecule has 4 heteroatoms. The first kappa shape index (κ1) is 12.9. The van der Waals surface area contributed by atoms with Crippen LogP contribution < -0.4 is 4.90 Å². The van der Waals surface area contributed by atoms with Crippen LogP contribution in [0.4, 0.5) is 5.82 Å². The van der Waals surface area contributed by atoms with Gasteiger partial charge < -0.3 is 9.32 Å². The van der Waals surface area contributed by atoms with Gasteiger partial charge in [-0.1, -0.05) is 6.07 Å². The van der Waals surface area contributed by atoms with Crippen molar-refractivity contribution in [3.63, 3.8) is 0 Å². The lowest BCUT2D eigenvalue weighted by molar-refractivity contribution is 0.225. The molecular weight excluding hydrogens is 262 g/mol. The average molecular weight is 283 g/mol. The number of fused-ring (bicyclic) bond motifs is 1. The standard InChI is InChI=1S/C17H21N3O/c1-13-5-6-14(21-13)12-19-10-7-16-15(19)8-11-20(16)17-4-2-3-9-18-17/h2-6,9,15-16H,7-8,10-12H2,1H3/t15-,16+/m0/s1. The number of aromatic nitrogens is 1. The number of likely N-dealkylation sites (tertiary alicyclic amines) is 1. The molecule has 0 radical (unpaired) electrons. The number of hydrogen-bond acceptors (Lipinski definition) is 4. The van der Waals surface area contributed by atoms with E-state index in [1.54, 1.807) is 0 Å². The molecule has 21 heavy (non-hydrogen) atoms. The van der Waals surface area contributed by atoms with E-state index in [1.165, 1.54) is 12.8 Å². The first-order valence-corrected chi connectivity index (χ1v) is 7.78. The van der Waals surface area contributed by atoms with Crippen molar-refractivity contribution in [2.45, 2.75) is 38.4 Å². The van der Waals surface area contributed by atoms with Crippen LogP contribution in [0.3, 0.4) is 0 Å². The topological polar surface area (TPSA) is 32.5 Å². The Hall–Kier alpha value is -1.81. The molecule has 2 atom stereocenters. The van der Waals surface area contributed by atoms with Crippen molar-refractivity contribution < 1.29 is 4.42 Å². The van der Waals surface area contributed by atoms with Crippen molar-refractivity contribution in [1.82, 2.24) is 9.88 Å². The summed E-state index contributed by atoms with van der Waals surface area (Å²) in [6, 6.07) is 11.6. The van der Waals surface area contributed by atoms with Crippen molar-refractivity contribution in [2.75, 3.05) is 18.0 Å². The van der Waals surface area contributed by atoms with E-state index in [0.717, 1.165) is 37.0 Å². The molecule has 2 aromatic heterocycles. The minimum Gasteiger partial charge on any atom is -0.465 e. The normalized spacial score (nSPS) is 25.5. The van der Waals surface area contributed by atoms with E-state index in [1.807, 2.05) is 19.2 Å². The van der Waals surface area contributed by atoms with E-state index in [-0.39, 0.29) is 0 Å². The molecule has 0 amide bonds. The van der Waals surface area contributed by atoms with Gasteiger partial charge in [-0.05, 0) is 44.0 Å². The third kappa shape index (κ3) is 2.33. The highest BCUT2D eigenvalue weighted by molar-refractivity contribution is 5.42. The number of aryl methyl sites for hydroxylation is 1. The van der Waals surface area contributed by atoms with E-state index in [9.17, 15) is 0 Å². The summed E-state index contributed by atoms with van der Waals surface area (Å²) in [4.78, 5) is 9.58. The number of nitrogens with zero attached hydrogens (tertiary/aromatic N) is 3. The van der Waals surface area contributed by atoms with Gasteiger partial charge in [0.05, 0.1) is 6.54 Å². The Morgan fingerprint density at radius 3 is 2.81 bits per heavy atom. The van der Waals surface area contributed by atoms with Crippen LogP contribution in [0.2, 0.25) is 0 Å². The lowest BCUT2D eigenvalue weighted by Crippen LogP contribution is -2.36. The fourth-order valence-corrected chi connectivity index (χ4v) is 3.85. The predicted octanol–water partition coefficient (Wildman–Crippen LogP) is 2.84. The highest BCUT2D eigenvalue weighted by Gasteiger charge is 2.42. The highest BCUT2D eigenvalue weighted by atomic mass is 16.3. The molecule has 2 saturated heterocycles. The second-order valence-corrected chi connectivity index (χ2v) is 6.08. The van der Waals surface area contributed by atoms with Crippen LogP contribution in [-0.2, 0) is 6.54 Å². The second-order valence-electron chi connectivity index (χ2n) is 6.08. The van der Waals surface area contributed by atoms with Crippen molar-refractivity contribution in [3.8, 4) is 0 Å². The maximum Gasteiger partial charge on any atom is 0.128 e. The number of rotatable bonds is 3. The molecule has 0 spiro atoms. The zero-order chi connectivity index (χ0) is 14.2. The van der Waals surface area contributed by atoms with Crippen molar-refractivity contribution in [2.24, 2.45) is 0 Å². The molecule has 4 heterocycles. The van der Waals surface area contributed by atoms with Crippen molar-refractivity contribution in [1.29, 1.82) is 0 Å². The van der Waals surface area contributed by atoms with Crippen LogP contribution in [0.1, 0.15) is 24.4 Å². The molecule has 0 bridgehead atoms. The predicted molar refractivity (Wildman–Crippen MR) is 82.2 cm³/mol. The van der Waals surface area contributed by atoms with Crippen LogP contribution >= 0.6 is 0 Å². The maximum atomic E-state index is 5.74. The number of anilines is 1. The lowest BCUT2D eigenvalue weighted by Gasteiger charge is -2.25. The van der Waals surface area contributed by atoms with Crippen molar-refractivity contribution in [3.05, 3.63) is 48.0 Å². The third-order valence-corrected chi connectivity index (χ3v) is 4.79. The summed E-state index contributed by atoms with van der Waals surface area (Å²) in [6.07, 6.45) is 4.34. The molecule has 0 unspecified atom stereocenters. The van der Waals surface area contributed by atoms with Gasteiger partial charge in [-0.2, -0.15) is 0 Å². The van der Waals surface area contributed by atoms with E-state index < -0.39 is 0 Å². The number of hydrogen-bond donors (Lipinski definition) is 0. The Labute approximate surface area is 125 Å². The Morgan fingerprint density at radius 1 is 1.14 bits per heavy atom. The zero-order valence-electron chi connectivity index (χ0n) is 12.4. The van der Waals surface area contributed by atoms with Gasteiger partial charge in [0.25, 0.3) is 0 Å². The van der Waals surface area contributed by atoms with Gasteiger partial charge in [0.15, 0.2) is 0 Å². The van der Waals surface area contributed by atoms with Crippen LogP contribution in [0.15, 0.2) is 40.9 Å². The first-order valence-electron chi connectivity index (χ1n) is 7.78. The average Bonchev–Trinajstić information content (AvgIpc) is 3.18. The summed E-state index contributed by atoms with van der Waals surface area (Å²) in [5.41, 5.74) is 0. The fourth-order valence-electron chi connectivity index (χ4n) is 3.85.